The van der Waals surface area contributed by atoms with Crippen molar-refractivity contribution < 1.29 is 14.3 Å². The molecule has 0 N–H and O–H groups in total. The molecule has 0 amide bonds. The van der Waals surface area contributed by atoms with E-state index in [0.717, 1.165) is 0 Å². The Morgan fingerprint density at radius 3 is 2.31 bits per heavy atom. The number of halogens is 1. The minimum absolute atomic E-state index is 0.338. The van der Waals surface area contributed by atoms with Gasteiger partial charge in [-0.25, -0.2) is 0 Å². The molecule has 16 heavy (non-hydrogen) atoms. The largest absolute Gasteiger partial charge is 0.497 e. The van der Waals surface area contributed by atoms with Crippen LogP contribution in [0.3, 0.4) is 0 Å². The van der Waals surface area contributed by atoms with Crippen molar-refractivity contribution in [2.75, 3.05) is 14.2 Å². The van der Waals surface area contributed by atoms with Gasteiger partial charge < -0.3 is 9.47 Å². The first-order valence-electron chi connectivity index (χ1n) is 4.33. The first-order valence-corrected chi connectivity index (χ1v) is 4.71. The van der Waals surface area contributed by atoms with Crippen LogP contribution in [0.4, 0.5) is 0 Å². The summed E-state index contributed by atoms with van der Waals surface area (Å²) in [6, 6.07) is 6.57. The van der Waals surface area contributed by atoms with E-state index in [4.69, 9.17) is 26.3 Å². The standard InChI is InChI=1S/C9H9ClO3.C2H3N/c1-12-6-3-4-7(9(10)11)8(5-6)13-2;1-2-3/h3-5H,1-2H3;1H3. The van der Waals surface area contributed by atoms with Gasteiger partial charge >= 0.3 is 0 Å². The van der Waals surface area contributed by atoms with Crippen LogP contribution in [0.15, 0.2) is 18.2 Å². The van der Waals surface area contributed by atoms with Gasteiger partial charge in [-0.1, -0.05) is 0 Å². The Kier molecular flexibility index (Phi) is 6.73. The SMILES string of the molecule is CC#N.COc1ccc(C(=O)Cl)c(OC)c1. The maximum atomic E-state index is 10.9. The molecule has 0 spiro atoms. The fraction of sp³-hybridized carbons (Fsp3) is 0.273. The van der Waals surface area contributed by atoms with Crippen molar-refractivity contribution in [1.29, 1.82) is 5.26 Å². The molecule has 5 heteroatoms. The quantitative estimate of drug-likeness (QED) is 0.764. The van der Waals surface area contributed by atoms with Gasteiger partial charge in [-0.3, -0.25) is 4.79 Å². The second-order valence-corrected chi connectivity index (χ2v) is 2.91. The molecule has 0 unspecified atom stereocenters. The van der Waals surface area contributed by atoms with Crippen molar-refractivity contribution in [1.82, 2.24) is 0 Å². The third-order valence-electron chi connectivity index (χ3n) is 1.62. The van der Waals surface area contributed by atoms with Gasteiger partial charge in [0.15, 0.2) is 0 Å². The summed E-state index contributed by atoms with van der Waals surface area (Å²) in [4.78, 5) is 10.9. The highest BCUT2D eigenvalue weighted by Crippen LogP contribution is 2.25. The summed E-state index contributed by atoms with van der Waals surface area (Å²) in [6.07, 6.45) is 0. The number of hydrogen-bond acceptors (Lipinski definition) is 4. The normalized spacial score (nSPS) is 8.19. The van der Waals surface area contributed by atoms with Crippen molar-refractivity contribution in [3.8, 4) is 17.6 Å². The van der Waals surface area contributed by atoms with Crippen molar-refractivity contribution >= 4 is 16.8 Å². The highest BCUT2D eigenvalue weighted by molar-refractivity contribution is 6.68. The number of rotatable bonds is 3. The van der Waals surface area contributed by atoms with E-state index in [1.54, 1.807) is 24.3 Å². The molecule has 1 aromatic carbocycles. The Morgan fingerprint density at radius 2 is 1.94 bits per heavy atom. The third kappa shape index (κ3) is 4.20. The van der Waals surface area contributed by atoms with Crippen LogP contribution in [-0.4, -0.2) is 19.5 Å². The van der Waals surface area contributed by atoms with Crippen LogP contribution < -0.4 is 9.47 Å². The van der Waals surface area contributed by atoms with Crippen LogP contribution in [0.1, 0.15) is 17.3 Å². The van der Waals surface area contributed by atoms with Crippen molar-refractivity contribution in [3.05, 3.63) is 23.8 Å². The maximum absolute atomic E-state index is 10.9. The van der Waals surface area contributed by atoms with Crippen LogP contribution in [-0.2, 0) is 0 Å². The molecule has 0 aromatic heterocycles. The average molecular weight is 242 g/mol. The van der Waals surface area contributed by atoms with Crippen molar-refractivity contribution in [2.45, 2.75) is 6.92 Å². The van der Waals surface area contributed by atoms with Gasteiger partial charge in [-0.05, 0) is 23.7 Å². The van der Waals surface area contributed by atoms with Crippen molar-refractivity contribution in [2.24, 2.45) is 0 Å². The van der Waals surface area contributed by atoms with Gasteiger partial charge in [0.25, 0.3) is 5.24 Å². The molecule has 0 saturated carbocycles. The number of methoxy groups -OCH3 is 2. The number of nitrogens with zero attached hydrogens (tertiary/aromatic N) is 1. The molecule has 0 aliphatic rings. The zero-order chi connectivity index (χ0) is 12.6. The molecular formula is C11H12ClNO3. The molecule has 0 atom stereocenters. The fourth-order valence-electron chi connectivity index (χ4n) is 0.961. The van der Waals surface area contributed by atoms with Gasteiger partial charge in [-0.2, -0.15) is 5.26 Å². The van der Waals surface area contributed by atoms with Crippen LogP contribution in [0.2, 0.25) is 0 Å². The summed E-state index contributed by atoms with van der Waals surface area (Å²) in [7, 11) is 3.01. The number of carbonyl (C=O) groups is 1. The fourth-order valence-corrected chi connectivity index (χ4v) is 1.12. The summed E-state index contributed by atoms with van der Waals surface area (Å²) >= 11 is 5.32. The van der Waals surface area contributed by atoms with Crippen LogP contribution >= 0.6 is 11.6 Å². The van der Waals surface area contributed by atoms with Crippen LogP contribution in [0, 0.1) is 11.3 Å². The third-order valence-corrected chi connectivity index (χ3v) is 1.82. The van der Waals surface area contributed by atoms with E-state index >= 15 is 0 Å². The van der Waals surface area contributed by atoms with Gasteiger partial charge in [-0.15, -0.1) is 0 Å². The van der Waals surface area contributed by atoms with E-state index in [1.165, 1.54) is 21.1 Å². The van der Waals surface area contributed by atoms with Gasteiger partial charge in [0.2, 0.25) is 0 Å². The highest BCUT2D eigenvalue weighted by atomic mass is 35.5. The Morgan fingerprint density at radius 1 is 1.38 bits per heavy atom. The average Bonchev–Trinajstić information content (AvgIpc) is 2.29. The lowest BCUT2D eigenvalue weighted by Gasteiger charge is -2.06. The molecule has 1 aromatic rings. The zero-order valence-corrected chi connectivity index (χ0v) is 10.0. The summed E-state index contributed by atoms with van der Waals surface area (Å²) in [5.41, 5.74) is 0.338. The second kappa shape index (κ2) is 7.55. The molecule has 0 fully saturated rings. The molecule has 0 saturated heterocycles. The highest BCUT2D eigenvalue weighted by Gasteiger charge is 2.09. The Labute approximate surface area is 99.3 Å². The summed E-state index contributed by atoms with van der Waals surface area (Å²) in [5.74, 6) is 1.04. The smallest absolute Gasteiger partial charge is 0.256 e. The van der Waals surface area contributed by atoms with E-state index in [2.05, 4.69) is 0 Å². The predicted molar refractivity (Wildman–Crippen MR) is 61.0 cm³/mol. The van der Waals surface area contributed by atoms with E-state index in [9.17, 15) is 4.79 Å². The first kappa shape index (κ1) is 14.3. The van der Waals surface area contributed by atoms with Crippen molar-refractivity contribution in [3.63, 3.8) is 0 Å². The molecule has 0 aliphatic heterocycles. The van der Waals surface area contributed by atoms with Gasteiger partial charge in [0.05, 0.1) is 25.9 Å². The molecule has 0 heterocycles. The lowest BCUT2D eigenvalue weighted by molar-refractivity contribution is 0.107. The predicted octanol–water partition coefficient (Wildman–Crippen LogP) is 2.61. The van der Waals surface area contributed by atoms with E-state index in [1.807, 2.05) is 0 Å². The molecule has 0 bridgehead atoms. The van der Waals surface area contributed by atoms with Crippen LogP contribution in [0.25, 0.3) is 0 Å². The lowest BCUT2D eigenvalue weighted by Crippen LogP contribution is -1.95. The summed E-state index contributed by atoms with van der Waals surface area (Å²) in [6.45, 7) is 1.43. The molecule has 1 rings (SSSR count). The zero-order valence-electron chi connectivity index (χ0n) is 9.28. The number of carbonyl (C=O) groups excluding carboxylic acids is 1. The maximum Gasteiger partial charge on any atom is 0.256 e. The monoisotopic (exact) mass is 241 g/mol. The molecular weight excluding hydrogens is 230 g/mol. The molecule has 0 aliphatic carbocycles. The molecule has 0 radical (unpaired) electrons. The van der Waals surface area contributed by atoms with E-state index in [-0.39, 0.29) is 0 Å². The number of ether oxygens (including phenoxy) is 2. The molecule has 4 nitrogen and oxygen atoms in total. The van der Waals surface area contributed by atoms with E-state index in [0.29, 0.717) is 17.1 Å². The second-order valence-electron chi connectivity index (χ2n) is 2.56. The topological polar surface area (TPSA) is 59.3 Å². The summed E-state index contributed by atoms with van der Waals surface area (Å²) < 4.78 is 9.92. The van der Waals surface area contributed by atoms with Gasteiger partial charge in [0, 0.05) is 13.0 Å². The Bertz CT molecular complexity index is 399. The first-order chi connectivity index (χ1) is 7.60. The Balaban J connectivity index is 0.000000673. The number of benzene rings is 1. The lowest BCUT2D eigenvalue weighted by atomic mass is 10.2. The minimum atomic E-state index is -0.542. The van der Waals surface area contributed by atoms with E-state index < -0.39 is 5.24 Å². The van der Waals surface area contributed by atoms with Gasteiger partial charge in [0.1, 0.15) is 11.5 Å². The van der Waals surface area contributed by atoms with Crippen LogP contribution in [0.5, 0.6) is 11.5 Å². The minimum Gasteiger partial charge on any atom is -0.497 e. The Hall–Kier alpha value is -1.73. The number of hydrogen-bond donors (Lipinski definition) is 0. The summed E-state index contributed by atoms with van der Waals surface area (Å²) in [5, 5.41) is 6.78. The molecule has 86 valence electrons. The number of nitriles is 1.